The van der Waals surface area contributed by atoms with Crippen molar-refractivity contribution in [3.05, 3.63) is 22.7 Å². The maximum atomic E-state index is 6.20. The summed E-state index contributed by atoms with van der Waals surface area (Å²) in [6, 6.07) is 3.77. The molecule has 18 heavy (non-hydrogen) atoms. The molecule has 0 spiro atoms. The lowest BCUT2D eigenvalue weighted by molar-refractivity contribution is 0.268. The van der Waals surface area contributed by atoms with Gasteiger partial charge in [-0.25, -0.2) is 0 Å². The molecule has 0 aliphatic rings. The van der Waals surface area contributed by atoms with Crippen LogP contribution in [0.2, 0.25) is 5.02 Å². The molecule has 2 N–H and O–H groups in total. The van der Waals surface area contributed by atoms with E-state index in [9.17, 15) is 0 Å². The summed E-state index contributed by atoms with van der Waals surface area (Å²) in [5.74, 6) is 1.48. The smallest absolute Gasteiger partial charge is 0.162 e. The number of halogens is 1. The molecule has 0 aliphatic heterocycles. The van der Waals surface area contributed by atoms with Crippen LogP contribution in [0, 0.1) is 0 Å². The Labute approximate surface area is 114 Å². The normalized spacial score (nSPS) is 10.4. The van der Waals surface area contributed by atoms with E-state index in [1.54, 1.807) is 0 Å². The molecular weight excluding hydrogens is 250 g/mol. The Kier molecular flexibility index (Phi) is 6.91. The van der Waals surface area contributed by atoms with E-state index in [1.165, 1.54) is 0 Å². The van der Waals surface area contributed by atoms with Gasteiger partial charge in [-0.3, -0.25) is 0 Å². The molecule has 0 fully saturated rings. The third-order valence-corrected chi connectivity index (χ3v) is 2.80. The molecule has 0 amide bonds. The van der Waals surface area contributed by atoms with E-state index < -0.39 is 0 Å². The van der Waals surface area contributed by atoms with Crippen molar-refractivity contribution in [3.63, 3.8) is 0 Å². The van der Waals surface area contributed by atoms with Crippen molar-refractivity contribution in [3.8, 4) is 11.5 Å². The highest BCUT2D eigenvalue weighted by Crippen LogP contribution is 2.34. The Morgan fingerprint density at radius 2 is 1.61 bits per heavy atom. The first kappa shape index (κ1) is 15.1. The Morgan fingerprint density at radius 1 is 1.06 bits per heavy atom. The van der Waals surface area contributed by atoms with E-state index in [1.807, 2.05) is 12.1 Å². The quantitative estimate of drug-likeness (QED) is 0.788. The van der Waals surface area contributed by atoms with Gasteiger partial charge in [0.15, 0.2) is 11.5 Å². The van der Waals surface area contributed by atoms with Crippen LogP contribution in [-0.4, -0.2) is 19.8 Å². The minimum absolute atomic E-state index is 0.572. The van der Waals surface area contributed by atoms with Gasteiger partial charge in [-0.15, -0.1) is 0 Å². The number of ether oxygens (including phenoxy) is 2. The van der Waals surface area contributed by atoms with Crippen molar-refractivity contribution >= 4 is 11.6 Å². The van der Waals surface area contributed by atoms with Crippen LogP contribution >= 0.6 is 11.6 Å². The highest BCUT2D eigenvalue weighted by atomic mass is 35.5. The van der Waals surface area contributed by atoms with Crippen molar-refractivity contribution in [2.75, 3.05) is 19.8 Å². The van der Waals surface area contributed by atoms with Crippen LogP contribution in [-0.2, 0) is 6.42 Å². The Morgan fingerprint density at radius 3 is 2.11 bits per heavy atom. The van der Waals surface area contributed by atoms with Gasteiger partial charge in [0.25, 0.3) is 0 Å². The van der Waals surface area contributed by atoms with Crippen molar-refractivity contribution in [2.45, 2.75) is 33.1 Å². The first-order valence-electron chi connectivity index (χ1n) is 6.51. The standard InChI is InChI=1S/C14H22ClNO2/c1-3-7-17-13-9-11(5-6-16)12(15)10-14(13)18-8-4-2/h9-10H,3-8,16H2,1-2H3. The molecule has 0 aromatic heterocycles. The summed E-state index contributed by atoms with van der Waals surface area (Å²) < 4.78 is 11.4. The summed E-state index contributed by atoms with van der Waals surface area (Å²) in [6.07, 6.45) is 2.66. The minimum Gasteiger partial charge on any atom is -0.490 e. The van der Waals surface area contributed by atoms with Gasteiger partial charge in [0.05, 0.1) is 13.2 Å². The highest BCUT2D eigenvalue weighted by molar-refractivity contribution is 6.31. The lowest BCUT2D eigenvalue weighted by atomic mass is 10.1. The molecule has 1 aromatic carbocycles. The fourth-order valence-corrected chi connectivity index (χ4v) is 1.82. The summed E-state index contributed by atoms with van der Waals surface area (Å²) in [5.41, 5.74) is 6.58. The van der Waals surface area contributed by atoms with E-state index in [-0.39, 0.29) is 0 Å². The summed E-state index contributed by atoms with van der Waals surface area (Å²) in [7, 11) is 0. The third-order valence-electron chi connectivity index (χ3n) is 2.45. The fourth-order valence-electron chi connectivity index (χ4n) is 1.57. The molecule has 0 bridgehead atoms. The average Bonchev–Trinajstić information content (AvgIpc) is 2.37. The second-order valence-electron chi connectivity index (χ2n) is 4.13. The zero-order chi connectivity index (χ0) is 13.4. The fraction of sp³-hybridized carbons (Fsp3) is 0.571. The van der Waals surface area contributed by atoms with Gasteiger partial charge in [-0.1, -0.05) is 25.4 Å². The molecule has 3 nitrogen and oxygen atoms in total. The molecule has 0 aliphatic carbocycles. The van der Waals surface area contributed by atoms with Crippen LogP contribution in [0.1, 0.15) is 32.3 Å². The second kappa shape index (κ2) is 8.22. The van der Waals surface area contributed by atoms with Gasteiger partial charge in [0.1, 0.15) is 0 Å². The van der Waals surface area contributed by atoms with Crippen LogP contribution in [0.3, 0.4) is 0 Å². The van der Waals surface area contributed by atoms with Crippen LogP contribution in [0.25, 0.3) is 0 Å². The lowest BCUT2D eigenvalue weighted by Gasteiger charge is -2.14. The second-order valence-corrected chi connectivity index (χ2v) is 4.53. The van der Waals surface area contributed by atoms with Crippen molar-refractivity contribution in [2.24, 2.45) is 5.73 Å². The molecule has 0 heterocycles. The summed E-state index contributed by atoms with van der Waals surface area (Å²) >= 11 is 6.20. The molecule has 102 valence electrons. The Balaban J connectivity index is 2.94. The SMILES string of the molecule is CCCOc1cc(Cl)c(CCN)cc1OCCC. The molecule has 1 rings (SSSR count). The molecule has 1 aromatic rings. The molecule has 0 saturated heterocycles. The van der Waals surface area contributed by atoms with Crippen molar-refractivity contribution in [1.82, 2.24) is 0 Å². The van der Waals surface area contributed by atoms with E-state index in [2.05, 4.69) is 13.8 Å². The average molecular weight is 272 g/mol. The van der Waals surface area contributed by atoms with Gasteiger partial charge in [0.2, 0.25) is 0 Å². The Bertz CT molecular complexity index is 369. The highest BCUT2D eigenvalue weighted by Gasteiger charge is 2.10. The Hall–Kier alpha value is -0.930. The van der Waals surface area contributed by atoms with Gasteiger partial charge >= 0.3 is 0 Å². The summed E-state index contributed by atoms with van der Waals surface area (Å²) in [5, 5.41) is 0.690. The number of nitrogens with two attached hydrogens (primary N) is 1. The largest absolute Gasteiger partial charge is 0.490 e. The summed E-state index contributed by atoms with van der Waals surface area (Å²) in [4.78, 5) is 0. The van der Waals surface area contributed by atoms with E-state index in [0.29, 0.717) is 24.8 Å². The van der Waals surface area contributed by atoms with E-state index >= 15 is 0 Å². The maximum Gasteiger partial charge on any atom is 0.162 e. The van der Waals surface area contributed by atoms with Gasteiger partial charge < -0.3 is 15.2 Å². The van der Waals surface area contributed by atoms with Crippen LogP contribution < -0.4 is 15.2 Å². The molecular formula is C14H22ClNO2. The maximum absolute atomic E-state index is 6.20. The van der Waals surface area contributed by atoms with Gasteiger partial charge in [-0.05, 0) is 37.4 Å². The molecule has 0 unspecified atom stereocenters. The van der Waals surface area contributed by atoms with E-state index in [0.717, 1.165) is 36.3 Å². The number of benzene rings is 1. The van der Waals surface area contributed by atoms with Crippen LogP contribution in [0.15, 0.2) is 12.1 Å². The van der Waals surface area contributed by atoms with Crippen LogP contribution in [0.5, 0.6) is 11.5 Å². The predicted molar refractivity (Wildman–Crippen MR) is 75.8 cm³/mol. The van der Waals surface area contributed by atoms with Crippen LogP contribution in [0.4, 0.5) is 0 Å². The van der Waals surface area contributed by atoms with Gasteiger partial charge in [-0.2, -0.15) is 0 Å². The first-order chi connectivity index (χ1) is 8.72. The molecule has 0 radical (unpaired) electrons. The predicted octanol–water partition coefficient (Wildman–Crippen LogP) is 3.42. The molecule has 0 saturated carbocycles. The molecule has 0 atom stereocenters. The van der Waals surface area contributed by atoms with Gasteiger partial charge in [0, 0.05) is 11.1 Å². The zero-order valence-electron chi connectivity index (χ0n) is 11.2. The lowest BCUT2D eigenvalue weighted by Crippen LogP contribution is -2.06. The number of hydrogen-bond acceptors (Lipinski definition) is 3. The summed E-state index contributed by atoms with van der Waals surface area (Å²) in [6.45, 7) is 6.05. The number of hydrogen-bond donors (Lipinski definition) is 1. The number of rotatable bonds is 8. The first-order valence-corrected chi connectivity index (χ1v) is 6.88. The minimum atomic E-state index is 0.572. The third kappa shape index (κ3) is 4.39. The zero-order valence-corrected chi connectivity index (χ0v) is 11.9. The molecule has 4 heteroatoms. The topological polar surface area (TPSA) is 44.5 Å². The van der Waals surface area contributed by atoms with E-state index in [4.69, 9.17) is 26.8 Å². The van der Waals surface area contributed by atoms with Crippen molar-refractivity contribution in [1.29, 1.82) is 0 Å². The van der Waals surface area contributed by atoms with Crippen molar-refractivity contribution < 1.29 is 9.47 Å². The monoisotopic (exact) mass is 271 g/mol.